The van der Waals surface area contributed by atoms with Crippen molar-refractivity contribution < 1.29 is 17.6 Å². The van der Waals surface area contributed by atoms with Crippen molar-refractivity contribution in [3.63, 3.8) is 0 Å². The van der Waals surface area contributed by atoms with E-state index in [1.54, 1.807) is 30.3 Å². The number of aromatic nitrogens is 2. The predicted octanol–water partition coefficient (Wildman–Crippen LogP) is 3.25. The topological polar surface area (TPSA) is 89.0 Å². The van der Waals surface area contributed by atoms with Gasteiger partial charge in [-0.05, 0) is 31.2 Å². The molecule has 0 unspecified atom stereocenters. The Kier molecular flexibility index (Phi) is 5.62. The van der Waals surface area contributed by atoms with E-state index >= 15 is 0 Å². The van der Waals surface area contributed by atoms with Crippen LogP contribution in [0.5, 0.6) is 0 Å². The maximum atomic E-state index is 13.6. The van der Waals surface area contributed by atoms with Crippen LogP contribution in [-0.4, -0.2) is 30.3 Å². The summed E-state index contributed by atoms with van der Waals surface area (Å²) < 4.78 is 38.4. The van der Waals surface area contributed by atoms with Crippen LogP contribution in [0.25, 0.3) is 0 Å². The molecule has 1 amide bonds. The summed E-state index contributed by atoms with van der Waals surface area (Å²) in [6, 6.07) is 12.2. The van der Waals surface area contributed by atoms with Gasteiger partial charge >= 0.3 is 0 Å². The van der Waals surface area contributed by atoms with E-state index in [2.05, 4.69) is 15.5 Å². The van der Waals surface area contributed by atoms with Crippen LogP contribution in [0, 0.1) is 12.7 Å². The highest BCUT2D eigenvalue weighted by Gasteiger charge is 2.17. The van der Waals surface area contributed by atoms with E-state index in [-0.39, 0.29) is 27.8 Å². The van der Waals surface area contributed by atoms with Crippen LogP contribution in [-0.2, 0) is 16.3 Å². The molecule has 0 atom stereocenters. The zero-order valence-electron chi connectivity index (χ0n) is 14.3. The molecule has 0 aliphatic rings. The molecule has 3 rings (SSSR count). The molecule has 0 bridgehead atoms. The maximum absolute atomic E-state index is 13.6. The summed E-state index contributed by atoms with van der Waals surface area (Å²) in [7, 11) is -3.44. The number of aryl methyl sites for hydroxylation is 2. The van der Waals surface area contributed by atoms with Crippen LogP contribution in [0.4, 0.5) is 9.52 Å². The van der Waals surface area contributed by atoms with Gasteiger partial charge in [0.15, 0.2) is 9.84 Å². The van der Waals surface area contributed by atoms with E-state index in [1.807, 2.05) is 6.92 Å². The van der Waals surface area contributed by atoms with Crippen LogP contribution in [0.1, 0.15) is 20.9 Å². The molecule has 0 aliphatic carbocycles. The van der Waals surface area contributed by atoms with Crippen LogP contribution >= 0.6 is 11.3 Å². The molecule has 0 radical (unpaired) electrons. The first-order valence-electron chi connectivity index (χ1n) is 8.03. The highest BCUT2D eigenvalue weighted by Crippen LogP contribution is 2.20. The van der Waals surface area contributed by atoms with Gasteiger partial charge in [-0.15, -0.1) is 10.2 Å². The summed E-state index contributed by atoms with van der Waals surface area (Å²) >= 11 is 1.06. The van der Waals surface area contributed by atoms with Gasteiger partial charge in [-0.2, -0.15) is 0 Å². The number of halogens is 1. The number of nitrogens with one attached hydrogen (secondary N) is 1. The summed E-state index contributed by atoms with van der Waals surface area (Å²) in [5.41, 5.74) is 0.879. The third kappa shape index (κ3) is 4.75. The number of carbonyl (C=O) groups is 1. The Balaban J connectivity index is 1.63. The molecule has 0 fully saturated rings. The number of sulfone groups is 1. The smallest absolute Gasteiger partial charge is 0.260 e. The van der Waals surface area contributed by atoms with E-state index < -0.39 is 21.6 Å². The second kappa shape index (κ2) is 7.93. The molecule has 3 aromatic rings. The molecule has 6 nitrogen and oxygen atoms in total. The first-order valence-corrected chi connectivity index (χ1v) is 10.5. The van der Waals surface area contributed by atoms with Crippen molar-refractivity contribution >= 4 is 32.2 Å². The summed E-state index contributed by atoms with van der Waals surface area (Å²) in [5.74, 6) is -1.39. The lowest BCUT2D eigenvalue weighted by atomic mass is 10.2. The molecule has 1 N–H and O–H groups in total. The molecule has 1 aromatic heterocycles. The molecule has 9 heteroatoms. The Labute approximate surface area is 160 Å². The minimum absolute atomic E-state index is 0.101. The molecule has 27 heavy (non-hydrogen) atoms. The van der Waals surface area contributed by atoms with Gasteiger partial charge in [0, 0.05) is 6.42 Å². The quantitative estimate of drug-likeness (QED) is 0.680. The van der Waals surface area contributed by atoms with Crippen molar-refractivity contribution in [2.24, 2.45) is 0 Å². The van der Waals surface area contributed by atoms with Crippen LogP contribution in [0.15, 0.2) is 53.4 Å². The first-order chi connectivity index (χ1) is 12.8. The SMILES string of the molecule is Cc1ccc(S(=O)(=O)CCc2nnc(NC(=O)c3ccccc3F)s2)cc1. The maximum Gasteiger partial charge on any atom is 0.260 e. The third-order valence-electron chi connectivity index (χ3n) is 3.77. The average molecular weight is 405 g/mol. The van der Waals surface area contributed by atoms with Gasteiger partial charge in [0.1, 0.15) is 10.8 Å². The zero-order valence-corrected chi connectivity index (χ0v) is 16.0. The van der Waals surface area contributed by atoms with Crippen molar-refractivity contribution in [1.29, 1.82) is 0 Å². The number of carbonyl (C=O) groups excluding carboxylic acids is 1. The van der Waals surface area contributed by atoms with Crippen molar-refractivity contribution in [3.05, 3.63) is 70.5 Å². The molecule has 0 aliphatic heterocycles. The molecule has 0 saturated carbocycles. The zero-order chi connectivity index (χ0) is 19.4. The largest absolute Gasteiger partial charge is 0.296 e. The van der Waals surface area contributed by atoms with E-state index in [0.29, 0.717) is 5.01 Å². The predicted molar refractivity (Wildman–Crippen MR) is 101 cm³/mol. The number of hydrogen-bond acceptors (Lipinski definition) is 6. The Morgan fingerprint density at radius 3 is 2.52 bits per heavy atom. The Morgan fingerprint density at radius 2 is 1.81 bits per heavy atom. The minimum Gasteiger partial charge on any atom is -0.296 e. The van der Waals surface area contributed by atoms with E-state index in [1.165, 1.54) is 18.2 Å². The van der Waals surface area contributed by atoms with E-state index in [9.17, 15) is 17.6 Å². The third-order valence-corrected chi connectivity index (χ3v) is 6.40. The number of amides is 1. The molecular weight excluding hydrogens is 389 g/mol. The lowest BCUT2D eigenvalue weighted by Crippen LogP contribution is -2.13. The van der Waals surface area contributed by atoms with Gasteiger partial charge in [-0.1, -0.05) is 41.2 Å². The highest BCUT2D eigenvalue weighted by atomic mass is 32.2. The van der Waals surface area contributed by atoms with E-state index in [4.69, 9.17) is 0 Å². The minimum atomic E-state index is -3.44. The Morgan fingerprint density at radius 1 is 1.11 bits per heavy atom. The standard InChI is InChI=1S/C18H16FN3O3S2/c1-12-6-8-13(9-7-12)27(24,25)11-10-16-21-22-18(26-16)20-17(23)14-4-2-3-5-15(14)19/h2-9H,10-11H2,1H3,(H,20,22,23). The van der Waals surface area contributed by atoms with Crippen LogP contribution in [0.3, 0.4) is 0 Å². The van der Waals surface area contributed by atoms with Crippen LogP contribution in [0.2, 0.25) is 0 Å². The molecule has 2 aromatic carbocycles. The molecule has 140 valence electrons. The van der Waals surface area contributed by atoms with Crippen molar-refractivity contribution in [2.75, 3.05) is 11.1 Å². The van der Waals surface area contributed by atoms with E-state index in [0.717, 1.165) is 16.9 Å². The van der Waals surface area contributed by atoms with Gasteiger partial charge in [-0.3, -0.25) is 10.1 Å². The van der Waals surface area contributed by atoms with Gasteiger partial charge in [-0.25, -0.2) is 12.8 Å². The fraction of sp³-hybridized carbons (Fsp3) is 0.167. The number of nitrogens with zero attached hydrogens (tertiary/aromatic N) is 2. The number of rotatable bonds is 6. The van der Waals surface area contributed by atoms with Crippen LogP contribution < -0.4 is 5.32 Å². The van der Waals surface area contributed by atoms with Gasteiger partial charge in [0.25, 0.3) is 5.91 Å². The summed E-state index contributed by atoms with van der Waals surface area (Å²) in [5, 5.41) is 10.8. The fourth-order valence-electron chi connectivity index (χ4n) is 2.30. The molecule has 0 saturated heterocycles. The van der Waals surface area contributed by atoms with Crippen molar-refractivity contribution in [1.82, 2.24) is 10.2 Å². The molecule has 1 heterocycles. The number of anilines is 1. The number of hydrogen-bond donors (Lipinski definition) is 1. The normalized spacial score (nSPS) is 11.3. The Hall–Kier alpha value is -2.65. The van der Waals surface area contributed by atoms with Crippen molar-refractivity contribution in [2.45, 2.75) is 18.2 Å². The lowest BCUT2D eigenvalue weighted by Gasteiger charge is -2.03. The van der Waals surface area contributed by atoms with Gasteiger partial charge in [0.2, 0.25) is 5.13 Å². The summed E-state index contributed by atoms with van der Waals surface area (Å²) in [4.78, 5) is 12.3. The second-order valence-electron chi connectivity index (χ2n) is 5.82. The average Bonchev–Trinajstić information content (AvgIpc) is 3.08. The molecular formula is C18H16FN3O3S2. The van der Waals surface area contributed by atoms with Gasteiger partial charge in [0.05, 0.1) is 16.2 Å². The summed E-state index contributed by atoms with van der Waals surface area (Å²) in [6.45, 7) is 1.88. The number of benzene rings is 2. The monoisotopic (exact) mass is 405 g/mol. The Bertz CT molecular complexity index is 1060. The molecule has 0 spiro atoms. The van der Waals surface area contributed by atoms with Crippen molar-refractivity contribution in [3.8, 4) is 0 Å². The first kappa shape index (κ1) is 19.1. The fourth-order valence-corrected chi connectivity index (χ4v) is 4.41. The second-order valence-corrected chi connectivity index (χ2v) is 8.99. The highest BCUT2D eigenvalue weighted by molar-refractivity contribution is 7.91. The summed E-state index contributed by atoms with van der Waals surface area (Å²) in [6.07, 6.45) is 0.170. The van der Waals surface area contributed by atoms with Gasteiger partial charge < -0.3 is 0 Å². The lowest BCUT2D eigenvalue weighted by molar-refractivity contribution is 0.102.